The molecule has 0 atom stereocenters. The van der Waals surface area contributed by atoms with E-state index in [1.165, 1.54) is 5.56 Å². The molecule has 0 bridgehead atoms. The number of aryl methyl sites for hydroxylation is 1. The maximum absolute atomic E-state index is 7.57. The van der Waals surface area contributed by atoms with Crippen molar-refractivity contribution in [2.45, 2.75) is 13.8 Å². The van der Waals surface area contributed by atoms with Gasteiger partial charge < -0.3 is 0 Å². The number of nitrogens with one attached hydrogen (secondary N) is 2. The Morgan fingerprint density at radius 3 is 2.40 bits per heavy atom. The fourth-order valence-electron chi connectivity index (χ4n) is 1.31. The van der Waals surface area contributed by atoms with Crippen molar-refractivity contribution >= 4 is 22.9 Å². The molecule has 0 aliphatic carbocycles. The van der Waals surface area contributed by atoms with Crippen LogP contribution in [0.15, 0.2) is 34.4 Å². The molecule has 2 rings (SSSR count). The number of rotatable bonds is 1. The van der Waals surface area contributed by atoms with E-state index in [0.717, 1.165) is 11.4 Å². The molecular weight excluding hydrogens is 188 g/mol. The summed E-state index contributed by atoms with van der Waals surface area (Å²) >= 11 is 0. The van der Waals surface area contributed by atoms with Gasteiger partial charge in [0.05, 0.1) is 11.4 Å². The maximum Gasteiger partial charge on any atom is 0.166 e. The minimum Gasteiger partial charge on any atom is -0.281 e. The van der Waals surface area contributed by atoms with Crippen LogP contribution in [0.2, 0.25) is 0 Å². The van der Waals surface area contributed by atoms with Crippen LogP contribution in [0.4, 0.5) is 5.69 Å². The molecule has 76 valence electrons. The highest BCUT2D eigenvalue weighted by molar-refractivity contribution is 6.69. The van der Waals surface area contributed by atoms with Crippen molar-refractivity contribution in [3.8, 4) is 0 Å². The number of hydrazone groups is 1. The molecule has 0 amide bonds. The van der Waals surface area contributed by atoms with E-state index in [1.807, 2.05) is 38.1 Å². The van der Waals surface area contributed by atoms with Gasteiger partial charge in [-0.05, 0) is 26.0 Å². The second-order valence-corrected chi connectivity index (χ2v) is 3.48. The number of nitrogens with zero attached hydrogens (tertiary/aromatic N) is 2. The second kappa shape index (κ2) is 3.65. The first-order valence-electron chi connectivity index (χ1n) is 4.72. The fourth-order valence-corrected chi connectivity index (χ4v) is 1.31. The van der Waals surface area contributed by atoms with Crippen LogP contribution < -0.4 is 5.43 Å². The lowest BCUT2D eigenvalue weighted by Gasteiger charge is -1.98. The van der Waals surface area contributed by atoms with E-state index < -0.39 is 0 Å². The van der Waals surface area contributed by atoms with Gasteiger partial charge in [0.1, 0.15) is 5.71 Å². The highest BCUT2D eigenvalue weighted by atomic mass is 15.3. The number of hydrogen-bond donors (Lipinski definition) is 2. The molecule has 1 aliphatic heterocycles. The summed E-state index contributed by atoms with van der Waals surface area (Å²) in [5, 5.41) is 11.5. The molecule has 0 saturated carbocycles. The first-order chi connectivity index (χ1) is 7.16. The van der Waals surface area contributed by atoms with Crippen molar-refractivity contribution < 1.29 is 0 Å². The van der Waals surface area contributed by atoms with Gasteiger partial charge in [-0.1, -0.05) is 17.7 Å². The van der Waals surface area contributed by atoms with Gasteiger partial charge in [-0.2, -0.15) is 5.10 Å². The lowest BCUT2D eigenvalue weighted by Crippen LogP contribution is -2.20. The average molecular weight is 200 g/mol. The van der Waals surface area contributed by atoms with E-state index >= 15 is 0 Å². The molecule has 4 nitrogen and oxygen atoms in total. The van der Waals surface area contributed by atoms with E-state index in [1.54, 1.807) is 0 Å². The molecule has 1 aliphatic rings. The number of amidine groups is 1. The van der Waals surface area contributed by atoms with Gasteiger partial charge in [0.2, 0.25) is 0 Å². The monoisotopic (exact) mass is 200 g/mol. The van der Waals surface area contributed by atoms with E-state index in [0.29, 0.717) is 5.71 Å². The van der Waals surface area contributed by atoms with Gasteiger partial charge in [0.15, 0.2) is 5.84 Å². The van der Waals surface area contributed by atoms with Gasteiger partial charge in [0.25, 0.3) is 0 Å². The Balaban J connectivity index is 2.34. The van der Waals surface area contributed by atoms with Crippen LogP contribution in [0.5, 0.6) is 0 Å². The number of aliphatic imine (C=N–C) groups is 1. The van der Waals surface area contributed by atoms with Crippen LogP contribution >= 0.6 is 0 Å². The molecule has 0 spiro atoms. The van der Waals surface area contributed by atoms with Crippen molar-refractivity contribution in [2.75, 3.05) is 0 Å². The maximum atomic E-state index is 7.57. The van der Waals surface area contributed by atoms with Crippen molar-refractivity contribution in [3.05, 3.63) is 29.8 Å². The third-order valence-electron chi connectivity index (χ3n) is 2.19. The van der Waals surface area contributed by atoms with Crippen molar-refractivity contribution in [3.63, 3.8) is 0 Å². The highest BCUT2D eigenvalue weighted by Crippen LogP contribution is 2.13. The molecular formula is C11H12N4. The Morgan fingerprint density at radius 2 is 1.87 bits per heavy atom. The standard InChI is InChI=1S/C11H12N4/c1-7-3-5-9(6-4-7)13-10-8(2)14-15-11(10)12/h3-6H,1-2H3,(H2,12,13,15). The van der Waals surface area contributed by atoms with Crippen LogP contribution in [0, 0.1) is 12.3 Å². The summed E-state index contributed by atoms with van der Waals surface area (Å²) in [5.74, 6) is 0.257. The summed E-state index contributed by atoms with van der Waals surface area (Å²) in [5.41, 5.74) is 6.00. The Kier molecular flexibility index (Phi) is 2.33. The summed E-state index contributed by atoms with van der Waals surface area (Å²) in [6, 6.07) is 7.86. The fraction of sp³-hybridized carbons (Fsp3) is 0.182. The molecule has 0 fully saturated rings. The molecule has 15 heavy (non-hydrogen) atoms. The third kappa shape index (κ3) is 1.93. The normalized spacial score (nSPS) is 17.9. The summed E-state index contributed by atoms with van der Waals surface area (Å²) in [4.78, 5) is 4.36. The van der Waals surface area contributed by atoms with Crippen LogP contribution in [-0.2, 0) is 0 Å². The molecule has 0 aromatic heterocycles. The summed E-state index contributed by atoms with van der Waals surface area (Å²) in [6.07, 6.45) is 0. The van der Waals surface area contributed by atoms with Crippen molar-refractivity contribution in [1.82, 2.24) is 5.43 Å². The molecule has 2 N–H and O–H groups in total. The quantitative estimate of drug-likeness (QED) is 0.715. The predicted octanol–water partition coefficient (Wildman–Crippen LogP) is 2.02. The lowest BCUT2D eigenvalue weighted by atomic mass is 10.2. The minimum absolute atomic E-state index is 0.257. The minimum atomic E-state index is 0.257. The first-order valence-corrected chi connectivity index (χ1v) is 4.72. The Bertz CT molecular complexity index is 454. The van der Waals surface area contributed by atoms with Crippen molar-refractivity contribution in [1.29, 1.82) is 5.41 Å². The van der Waals surface area contributed by atoms with E-state index in [2.05, 4.69) is 15.5 Å². The van der Waals surface area contributed by atoms with E-state index in [-0.39, 0.29) is 5.84 Å². The second-order valence-electron chi connectivity index (χ2n) is 3.48. The van der Waals surface area contributed by atoms with Gasteiger partial charge in [-0.3, -0.25) is 10.8 Å². The zero-order valence-corrected chi connectivity index (χ0v) is 8.70. The summed E-state index contributed by atoms with van der Waals surface area (Å²) in [7, 11) is 0. The molecule has 1 aromatic rings. The molecule has 1 heterocycles. The Hall–Kier alpha value is -1.97. The molecule has 0 saturated heterocycles. The zero-order valence-electron chi connectivity index (χ0n) is 8.70. The van der Waals surface area contributed by atoms with Crippen LogP contribution in [-0.4, -0.2) is 17.3 Å². The third-order valence-corrected chi connectivity index (χ3v) is 2.19. The van der Waals surface area contributed by atoms with Crippen LogP contribution in [0.25, 0.3) is 0 Å². The Labute approximate surface area is 88.2 Å². The van der Waals surface area contributed by atoms with Gasteiger partial charge >= 0.3 is 0 Å². The Morgan fingerprint density at radius 1 is 1.20 bits per heavy atom. The largest absolute Gasteiger partial charge is 0.281 e. The molecule has 4 heteroatoms. The topological polar surface area (TPSA) is 60.6 Å². The average Bonchev–Trinajstić information content (AvgIpc) is 2.53. The van der Waals surface area contributed by atoms with Crippen molar-refractivity contribution in [2.24, 2.45) is 10.1 Å². The summed E-state index contributed by atoms with van der Waals surface area (Å²) in [6.45, 7) is 3.87. The lowest BCUT2D eigenvalue weighted by molar-refractivity contribution is 1.05. The van der Waals surface area contributed by atoms with Crippen LogP contribution in [0.3, 0.4) is 0 Å². The van der Waals surface area contributed by atoms with Gasteiger partial charge in [-0.15, -0.1) is 0 Å². The summed E-state index contributed by atoms with van der Waals surface area (Å²) < 4.78 is 0. The van der Waals surface area contributed by atoms with Crippen LogP contribution in [0.1, 0.15) is 12.5 Å². The van der Waals surface area contributed by atoms with Gasteiger partial charge in [0, 0.05) is 0 Å². The molecule has 0 unspecified atom stereocenters. The van der Waals surface area contributed by atoms with E-state index in [4.69, 9.17) is 5.41 Å². The molecule has 1 aromatic carbocycles. The highest BCUT2D eigenvalue weighted by Gasteiger charge is 2.16. The predicted molar refractivity (Wildman–Crippen MR) is 62.2 cm³/mol. The van der Waals surface area contributed by atoms with E-state index in [9.17, 15) is 0 Å². The number of hydrogen-bond acceptors (Lipinski definition) is 3. The van der Waals surface area contributed by atoms with Gasteiger partial charge in [-0.25, -0.2) is 4.99 Å². The zero-order chi connectivity index (χ0) is 10.8. The molecule has 0 radical (unpaired) electrons. The smallest absolute Gasteiger partial charge is 0.166 e. The number of benzene rings is 1. The SMILES string of the molecule is CC1=NNC(=N)/C1=N\c1ccc(C)cc1. The first kappa shape index (κ1) is 9.58.